The first-order chi connectivity index (χ1) is 19.8. The van der Waals surface area contributed by atoms with E-state index in [1.165, 1.54) is 10.9 Å². The molecule has 14 heteroatoms. The zero-order valence-electron chi connectivity index (χ0n) is 22.9. The van der Waals surface area contributed by atoms with Crippen molar-refractivity contribution in [1.82, 2.24) is 29.7 Å². The van der Waals surface area contributed by atoms with E-state index in [4.69, 9.17) is 15.2 Å². The van der Waals surface area contributed by atoms with E-state index >= 15 is 0 Å². The summed E-state index contributed by atoms with van der Waals surface area (Å²) < 4.78 is 12.7. The van der Waals surface area contributed by atoms with Gasteiger partial charge in [0.25, 0.3) is 5.91 Å². The quantitative estimate of drug-likeness (QED) is 0.326. The van der Waals surface area contributed by atoms with Crippen molar-refractivity contribution in [2.45, 2.75) is 88.4 Å². The van der Waals surface area contributed by atoms with Gasteiger partial charge in [0.05, 0.1) is 12.9 Å². The molecule has 2 aromatic heterocycles. The predicted molar refractivity (Wildman–Crippen MR) is 143 cm³/mol. The van der Waals surface area contributed by atoms with Gasteiger partial charge in [0.15, 0.2) is 23.8 Å². The van der Waals surface area contributed by atoms with Crippen LogP contribution in [0.2, 0.25) is 0 Å². The van der Waals surface area contributed by atoms with Gasteiger partial charge in [-0.3, -0.25) is 14.2 Å². The number of nitrogens with two attached hydrogens (primary N) is 1. The van der Waals surface area contributed by atoms with E-state index in [0.29, 0.717) is 61.9 Å². The Balaban J connectivity index is 1.01. The van der Waals surface area contributed by atoms with Crippen molar-refractivity contribution >= 4 is 34.8 Å². The summed E-state index contributed by atoms with van der Waals surface area (Å²) in [6.45, 7) is 1.62. The number of imidazole rings is 1. The molecule has 4 atom stereocenters. The van der Waals surface area contributed by atoms with E-state index in [1.807, 2.05) is 0 Å². The standard InChI is InChI=1S/C27H37N7O7/c28-23-19-24(34(13-29-19)26-21(37)20(36)22(41-26)25(38)30-16-4-5-16)32-18(31-23)3-1-2-14-6-8-33(9-7-14)27(39)40-12-15-10-17(35)11-15/h13-16,20-22,26,36-37H,1-12H2,(H,30,38)(H2,28,31,32)/t20-,21?,22+,26-/m1/s1. The van der Waals surface area contributed by atoms with Crippen LogP contribution in [0.15, 0.2) is 6.33 Å². The van der Waals surface area contributed by atoms with Gasteiger partial charge in [-0.15, -0.1) is 0 Å². The topological polar surface area (TPSA) is 195 Å². The number of fused-ring (bicyclic) bond motifs is 1. The Hall–Kier alpha value is -3.36. The number of aryl methyl sites for hydroxylation is 1. The van der Waals surface area contributed by atoms with Gasteiger partial charge in [-0.25, -0.2) is 19.7 Å². The van der Waals surface area contributed by atoms with E-state index in [9.17, 15) is 24.6 Å². The number of hydrogen-bond acceptors (Lipinski definition) is 11. The minimum atomic E-state index is -1.39. The van der Waals surface area contributed by atoms with Gasteiger partial charge in [-0.1, -0.05) is 0 Å². The number of rotatable bonds is 9. The van der Waals surface area contributed by atoms with Crippen molar-refractivity contribution in [2.24, 2.45) is 11.8 Å². The number of ether oxygens (including phenoxy) is 2. The molecule has 0 bridgehead atoms. The van der Waals surface area contributed by atoms with Crippen LogP contribution in [0.25, 0.3) is 11.2 Å². The van der Waals surface area contributed by atoms with Crippen molar-refractivity contribution in [1.29, 1.82) is 0 Å². The highest BCUT2D eigenvalue weighted by molar-refractivity contribution is 5.84. The van der Waals surface area contributed by atoms with Gasteiger partial charge in [0.1, 0.15) is 29.3 Å². The number of amides is 2. The molecule has 2 amide bonds. The van der Waals surface area contributed by atoms with E-state index in [1.54, 1.807) is 4.90 Å². The number of aliphatic hydroxyl groups is 2. The molecule has 41 heavy (non-hydrogen) atoms. The van der Waals surface area contributed by atoms with Crippen LogP contribution >= 0.6 is 0 Å². The molecule has 14 nitrogen and oxygen atoms in total. The summed E-state index contributed by atoms with van der Waals surface area (Å²) in [5.41, 5.74) is 6.90. The Morgan fingerprint density at radius 2 is 1.85 bits per heavy atom. The minimum Gasteiger partial charge on any atom is -0.449 e. The molecule has 222 valence electrons. The second-order valence-corrected chi connectivity index (χ2v) is 11.8. The molecule has 2 saturated heterocycles. The molecule has 4 aliphatic rings. The Bertz CT molecular complexity index is 1300. The summed E-state index contributed by atoms with van der Waals surface area (Å²) in [4.78, 5) is 51.0. The predicted octanol–water partition coefficient (Wildman–Crippen LogP) is 0.457. The SMILES string of the molecule is Nc1nc(CCCC2CCN(C(=O)OCC3CC(=O)C3)CC2)nc2c1ncn2[C@@H]1O[C@H](C(=O)NC2CC2)[C@H](O)C1O. The molecule has 2 saturated carbocycles. The maximum absolute atomic E-state index is 12.5. The zero-order chi connectivity index (χ0) is 28.7. The first-order valence-corrected chi connectivity index (χ1v) is 14.5. The van der Waals surface area contributed by atoms with E-state index < -0.39 is 30.4 Å². The van der Waals surface area contributed by atoms with Gasteiger partial charge >= 0.3 is 6.09 Å². The lowest BCUT2D eigenvalue weighted by atomic mass is 9.85. The molecule has 0 aromatic carbocycles. The van der Waals surface area contributed by atoms with Crippen molar-refractivity contribution in [3.05, 3.63) is 12.2 Å². The Morgan fingerprint density at radius 1 is 1.10 bits per heavy atom. The minimum absolute atomic E-state index is 0.0957. The lowest BCUT2D eigenvalue weighted by molar-refractivity contribution is -0.137. The van der Waals surface area contributed by atoms with Crippen LogP contribution in [0.3, 0.4) is 0 Å². The number of carbonyl (C=O) groups is 3. The number of aromatic nitrogens is 4. The molecule has 4 fully saturated rings. The summed E-state index contributed by atoms with van der Waals surface area (Å²) >= 11 is 0. The third-order valence-corrected chi connectivity index (χ3v) is 8.55. The fraction of sp³-hybridized carbons (Fsp3) is 0.704. The maximum atomic E-state index is 12.5. The fourth-order valence-corrected chi connectivity index (χ4v) is 5.84. The van der Waals surface area contributed by atoms with E-state index in [0.717, 1.165) is 38.5 Å². The van der Waals surface area contributed by atoms with Gasteiger partial charge in [-0.2, -0.15) is 0 Å². The normalized spacial score (nSPS) is 27.3. The van der Waals surface area contributed by atoms with Crippen LogP contribution in [-0.4, -0.2) is 96.5 Å². The molecule has 2 aliphatic heterocycles. The molecule has 5 N–H and O–H groups in total. The largest absolute Gasteiger partial charge is 0.449 e. The number of hydrogen-bond donors (Lipinski definition) is 4. The third-order valence-electron chi connectivity index (χ3n) is 8.55. The Labute approximate surface area is 236 Å². The number of Topliss-reactive ketones (excluding diaryl/α,β-unsaturated/α-hetero) is 1. The molecule has 2 aliphatic carbocycles. The third kappa shape index (κ3) is 5.99. The molecule has 0 radical (unpaired) electrons. The Morgan fingerprint density at radius 3 is 2.56 bits per heavy atom. The second-order valence-electron chi connectivity index (χ2n) is 11.8. The molecule has 4 heterocycles. The van der Waals surface area contributed by atoms with E-state index in [2.05, 4.69) is 20.3 Å². The summed E-state index contributed by atoms with van der Waals surface area (Å²) in [6, 6.07) is 0.0957. The highest BCUT2D eigenvalue weighted by atomic mass is 16.6. The second kappa shape index (κ2) is 11.5. The fourth-order valence-electron chi connectivity index (χ4n) is 5.84. The van der Waals surface area contributed by atoms with Crippen LogP contribution in [0.5, 0.6) is 0 Å². The number of nitrogens with one attached hydrogen (secondary N) is 1. The van der Waals surface area contributed by atoms with Crippen molar-refractivity contribution in [3.8, 4) is 0 Å². The number of ketones is 1. The zero-order valence-corrected chi connectivity index (χ0v) is 22.9. The first-order valence-electron chi connectivity index (χ1n) is 14.5. The number of piperidine rings is 1. The summed E-state index contributed by atoms with van der Waals surface area (Å²) in [6.07, 6.45) is 3.07. The lowest BCUT2D eigenvalue weighted by Crippen LogP contribution is -2.43. The summed E-state index contributed by atoms with van der Waals surface area (Å²) in [5, 5.41) is 24.0. The first kappa shape index (κ1) is 27.8. The highest BCUT2D eigenvalue weighted by Gasteiger charge is 2.48. The lowest BCUT2D eigenvalue weighted by Gasteiger charge is -2.32. The molecular formula is C27H37N7O7. The Kier molecular flexibility index (Phi) is 7.79. The number of likely N-dealkylation sites (tertiary alicyclic amines) is 1. The van der Waals surface area contributed by atoms with Crippen molar-refractivity contribution < 1.29 is 34.1 Å². The molecule has 2 aromatic rings. The van der Waals surface area contributed by atoms with Gasteiger partial charge in [0.2, 0.25) is 0 Å². The smallest absolute Gasteiger partial charge is 0.409 e. The number of nitrogen functional groups attached to an aromatic ring is 1. The molecule has 6 rings (SSSR count). The molecule has 1 unspecified atom stereocenters. The van der Waals surface area contributed by atoms with Crippen molar-refractivity contribution in [3.63, 3.8) is 0 Å². The maximum Gasteiger partial charge on any atom is 0.409 e. The molecule has 0 spiro atoms. The average molecular weight is 572 g/mol. The number of carbonyl (C=O) groups excluding carboxylic acids is 3. The van der Waals surface area contributed by atoms with Crippen molar-refractivity contribution in [2.75, 3.05) is 25.4 Å². The van der Waals surface area contributed by atoms with E-state index in [-0.39, 0.29) is 29.7 Å². The monoisotopic (exact) mass is 571 g/mol. The van der Waals surface area contributed by atoms with Gasteiger partial charge < -0.3 is 35.6 Å². The van der Waals surface area contributed by atoms with Crippen LogP contribution in [0.4, 0.5) is 10.6 Å². The van der Waals surface area contributed by atoms with Crippen LogP contribution < -0.4 is 11.1 Å². The van der Waals surface area contributed by atoms with Crippen LogP contribution in [0.1, 0.15) is 63.4 Å². The number of anilines is 1. The van der Waals surface area contributed by atoms with Gasteiger partial charge in [0, 0.05) is 44.3 Å². The molecular weight excluding hydrogens is 534 g/mol. The average Bonchev–Trinajstić information content (AvgIpc) is 3.57. The highest BCUT2D eigenvalue weighted by Crippen LogP contribution is 2.33. The summed E-state index contributed by atoms with van der Waals surface area (Å²) in [7, 11) is 0. The van der Waals surface area contributed by atoms with Crippen LogP contribution in [-0.2, 0) is 25.5 Å². The van der Waals surface area contributed by atoms with Crippen LogP contribution in [0, 0.1) is 11.8 Å². The number of nitrogens with zero attached hydrogens (tertiary/aromatic N) is 5. The van der Waals surface area contributed by atoms with Gasteiger partial charge in [-0.05, 0) is 44.4 Å². The number of aliphatic hydroxyl groups excluding tert-OH is 2. The summed E-state index contributed by atoms with van der Waals surface area (Å²) in [5.74, 6) is 1.17.